The number of hydrogen-bond acceptors (Lipinski definition) is 6. The van der Waals surface area contributed by atoms with Crippen LogP contribution < -0.4 is 5.32 Å². The molecule has 0 bridgehead atoms. The van der Waals surface area contributed by atoms with E-state index >= 15 is 0 Å². The van der Waals surface area contributed by atoms with E-state index in [1.807, 2.05) is 38.4 Å². The fourth-order valence-electron chi connectivity index (χ4n) is 3.36. The summed E-state index contributed by atoms with van der Waals surface area (Å²) < 4.78 is 5.39. The Bertz CT molecular complexity index is 771. The molecule has 1 fully saturated rings. The summed E-state index contributed by atoms with van der Waals surface area (Å²) in [6.45, 7) is 4.03. The van der Waals surface area contributed by atoms with Crippen molar-refractivity contribution in [3.05, 3.63) is 35.2 Å². The highest BCUT2D eigenvalue weighted by atomic mass is 35.5. The van der Waals surface area contributed by atoms with Gasteiger partial charge in [0.05, 0.1) is 6.54 Å². The van der Waals surface area contributed by atoms with Crippen molar-refractivity contribution in [3.63, 3.8) is 0 Å². The van der Waals surface area contributed by atoms with Gasteiger partial charge in [0.2, 0.25) is 17.6 Å². The molecule has 1 aliphatic heterocycles. The van der Waals surface area contributed by atoms with Gasteiger partial charge in [-0.25, -0.2) is 0 Å². The molecule has 0 aliphatic carbocycles. The first kappa shape index (κ1) is 20.8. The largest absolute Gasteiger partial charge is 0.356 e. The van der Waals surface area contributed by atoms with Crippen LogP contribution in [0.5, 0.6) is 0 Å². The van der Waals surface area contributed by atoms with Gasteiger partial charge >= 0.3 is 0 Å². The third-order valence-corrected chi connectivity index (χ3v) is 5.18. The minimum atomic E-state index is 0.0975. The van der Waals surface area contributed by atoms with E-state index < -0.39 is 0 Å². The number of carbonyl (C=O) groups is 1. The second-order valence-corrected chi connectivity index (χ2v) is 7.96. The van der Waals surface area contributed by atoms with Gasteiger partial charge in [0, 0.05) is 23.0 Å². The molecule has 2 heterocycles. The third-order valence-electron chi connectivity index (χ3n) is 4.95. The van der Waals surface area contributed by atoms with E-state index in [-0.39, 0.29) is 11.8 Å². The van der Waals surface area contributed by atoms with E-state index in [9.17, 15) is 4.79 Å². The van der Waals surface area contributed by atoms with Crippen LogP contribution in [0.4, 0.5) is 0 Å². The summed E-state index contributed by atoms with van der Waals surface area (Å²) in [4.78, 5) is 21.2. The summed E-state index contributed by atoms with van der Waals surface area (Å²) in [7, 11) is 4.08. The molecule has 1 saturated heterocycles. The van der Waals surface area contributed by atoms with Crippen LogP contribution in [-0.2, 0) is 11.3 Å². The van der Waals surface area contributed by atoms with Crippen LogP contribution in [0.25, 0.3) is 11.4 Å². The zero-order valence-corrected chi connectivity index (χ0v) is 17.3. The molecule has 1 amide bonds. The lowest BCUT2D eigenvalue weighted by Gasteiger charge is -2.30. The van der Waals surface area contributed by atoms with Gasteiger partial charge in [-0.2, -0.15) is 4.98 Å². The minimum Gasteiger partial charge on any atom is -0.356 e. The highest BCUT2D eigenvalue weighted by molar-refractivity contribution is 6.30. The Balaban J connectivity index is 1.43. The molecule has 1 aliphatic rings. The summed E-state index contributed by atoms with van der Waals surface area (Å²) in [5.74, 6) is 1.41. The van der Waals surface area contributed by atoms with Crippen molar-refractivity contribution in [2.75, 3.05) is 40.3 Å². The molecule has 8 heteroatoms. The van der Waals surface area contributed by atoms with Crippen LogP contribution in [0, 0.1) is 5.92 Å². The van der Waals surface area contributed by atoms with Gasteiger partial charge in [-0.1, -0.05) is 28.9 Å². The van der Waals surface area contributed by atoms with Crippen molar-refractivity contribution < 1.29 is 9.32 Å². The van der Waals surface area contributed by atoms with Crippen LogP contribution in [0.3, 0.4) is 0 Å². The molecule has 0 unspecified atom stereocenters. The lowest BCUT2D eigenvalue weighted by molar-refractivity contribution is -0.126. The van der Waals surface area contributed by atoms with Crippen molar-refractivity contribution in [2.24, 2.45) is 5.92 Å². The molecule has 0 radical (unpaired) electrons. The number of aromatic nitrogens is 2. The summed E-state index contributed by atoms with van der Waals surface area (Å²) in [5, 5.41) is 7.76. The molecule has 0 atom stereocenters. The zero-order chi connectivity index (χ0) is 19.9. The van der Waals surface area contributed by atoms with Gasteiger partial charge in [0.15, 0.2) is 0 Å². The van der Waals surface area contributed by atoms with E-state index in [1.165, 1.54) is 0 Å². The van der Waals surface area contributed by atoms with Gasteiger partial charge in [-0.15, -0.1) is 0 Å². The summed E-state index contributed by atoms with van der Waals surface area (Å²) in [5.41, 5.74) is 0.840. The Kier molecular flexibility index (Phi) is 7.42. The van der Waals surface area contributed by atoms with Crippen LogP contribution in [0.1, 0.15) is 25.2 Å². The van der Waals surface area contributed by atoms with Crippen molar-refractivity contribution in [3.8, 4) is 11.4 Å². The molecular formula is C20H28ClN5O2. The molecule has 2 aromatic rings. The Morgan fingerprint density at radius 1 is 1.36 bits per heavy atom. The van der Waals surface area contributed by atoms with Crippen molar-refractivity contribution in [2.45, 2.75) is 25.8 Å². The number of likely N-dealkylation sites (tertiary alicyclic amines) is 1. The second-order valence-electron chi connectivity index (χ2n) is 7.52. The monoisotopic (exact) mass is 405 g/mol. The normalized spacial score (nSPS) is 15.9. The first-order valence-electron chi connectivity index (χ1n) is 9.74. The summed E-state index contributed by atoms with van der Waals surface area (Å²) in [6, 6.07) is 7.40. The molecule has 3 rings (SSSR count). The first-order valence-corrected chi connectivity index (χ1v) is 10.1. The Hall–Kier alpha value is -1.96. The zero-order valence-electron chi connectivity index (χ0n) is 16.5. The van der Waals surface area contributed by atoms with Crippen molar-refractivity contribution in [1.82, 2.24) is 25.3 Å². The Labute approximate surface area is 171 Å². The van der Waals surface area contributed by atoms with E-state index in [2.05, 4.69) is 25.3 Å². The quantitative estimate of drug-likeness (QED) is 0.680. The standard InChI is InChI=1S/C20H28ClN5O2/c1-25(2)10-4-9-22-20(27)15-7-11-26(12-8-15)14-18-23-19(24-28-18)16-5-3-6-17(21)13-16/h3,5-6,13,15H,4,7-12,14H2,1-2H3,(H,22,27). The number of benzene rings is 1. The number of rotatable bonds is 8. The summed E-state index contributed by atoms with van der Waals surface area (Å²) >= 11 is 6.02. The SMILES string of the molecule is CN(C)CCCNC(=O)C1CCN(Cc2nc(-c3cccc(Cl)c3)no2)CC1. The predicted molar refractivity (Wildman–Crippen MR) is 109 cm³/mol. The minimum absolute atomic E-state index is 0.0975. The lowest BCUT2D eigenvalue weighted by atomic mass is 9.96. The number of carbonyl (C=O) groups excluding carboxylic acids is 1. The maximum Gasteiger partial charge on any atom is 0.241 e. The first-order chi connectivity index (χ1) is 13.5. The van der Waals surface area contributed by atoms with E-state index in [0.717, 1.165) is 51.0 Å². The molecule has 1 aromatic carbocycles. The average molecular weight is 406 g/mol. The molecule has 0 saturated carbocycles. The van der Waals surface area contributed by atoms with Gasteiger partial charge in [0.25, 0.3) is 0 Å². The maximum absolute atomic E-state index is 12.3. The highest BCUT2D eigenvalue weighted by Gasteiger charge is 2.25. The van der Waals surface area contributed by atoms with Crippen molar-refractivity contribution in [1.29, 1.82) is 0 Å². The number of halogens is 1. The van der Waals surface area contributed by atoms with Gasteiger partial charge in [0.1, 0.15) is 0 Å². The fourth-order valence-corrected chi connectivity index (χ4v) is 3.55. The van der Waals surface area contributed by atoms with E-state index in [4.69, 9.17) is 16.1 Å². The number of nitrogens with zero attached hydrogens (tertiary/aromatic N) is 4. The molecule has 28 heavy (non-hydrogen) atoms. The molecule has 1 N–H and O–H groups in total. The van der Waals surface area contributed by atoms with Gasteiger partial charge < -0.3 is 14.7 Å². The molecular weight excluding hydrogens is 378 g/mol. The predicted octanol–water partition coefficient (Wildman–Crippen LogP) is 2.67. The third kappa shape index (κ3) is 6.02. The molecule has 7 nitrogen and oxygen atoms in total. The molecule has 0 spiro atoms. The van der Waals surface area contributed by atoms with Crippen molar-refractivity contribution >= 4 is 17.5 Å². The fraction of sp³-hybridized carbons (Fsp3) is 0.550. The number of nitrogens with one attached hydrogen (secondary N) is 1. The molecule has 1 aromatic heterocycles. The lowest BCUT2D eigenvalue weighted by Crippen LogP contribution is -2.40. The van der Waals surface area contributed by atoms with Gasteiger partial charge in [-0.05, 0) is 65.1 Å². The topological polar surface area (TPSA) is 74.5 Å². The maximum atomic E-state index is 12.3. The molecule has 152 valence electrons. The van der Waals surface area contributed by atoms with E-state index in [1.54, 1.807) is 0 Å². The highest BCUT2D eigenvalue weighted by Crippen LogP contribution is 2.22. The number of piperidine rings is 1. The Morgan fingerprint density at radius 3 is 2.86 bits per heavy atom. The number of amides is 1. The van der Waals surface area contributed by atoms with Crippen LogP contribution in [0.15, 0.2) is 28.8 Å². The van der Waals surface area contributed by atoms with Crippen LogP contribution in [-0.4, -0.2) is 66.1 Å². The Morgan fingerprint density at radius 2 is 2.14 bits per heavy atom. The van der Waals surface area contributed by atoms with Crippen LogP contribution in [0.2, 0.25) is 5.02 Å². The smallest absolute Gasteiger partial charge is 0.241 e. The summed E-state index contributed by atoms with van der Waals surface area (Å²) in [6.07, 6.45) is 2.69. The van der Waals surface area contributed by atoms with E-state index in [0.29, 0.717) is 23.3 Å². The average Bonchev–Trinajstić information content (AvgIpc) is 3.14. The second kappa shape index (κ2) is 10.0. The van der Waals surface area contributed by atoms with Gasteiger partial charge in [-0.3, -0.25) is 9.69 Å². The number of hydrogen-bond donors (Lipinski definition) is 1. The van der Waals surface area contributed by atoms with Crippen LogP contribution >= 0.6 is 11.6 Å².